The van der Waals surface area contributed by atoms with Crippen LogP contribution < -0.4 is 10.1 Å². The number of hydrogen-bond acceptors (Lipinski definition) is 4. The Morgan fingerprint density at radius 3 is 2.29 bits per heavy atom. The summed E-state index contributed by atoms with van der Waals surface area (Å²) in [7, 11) is 1.89. The van der Waals surface area contributed by atoms with Crippen molar-refractivity contribution >= 4 is 5.69 Å². The quantitative estimate of drug-likeness (QED) is 0.517. The summed E-state index contributed by atoms with van der Waals surface area (Å²) < 4.78 is 32.4. The molecule has 4 nitrogen and oxygen atoms in total. The first-order valence-corrected chi connectivity index (χ1v) is 10.5. The number of benzene rings is 3. The lowest BCUT2D eigenvalue weighted by Crippen LogP contribution is -2.50. The summed E-state index contributed by atoms with van der Waals surface area (Å²) in [6.45, 7) is 4.82. The van der Waals surface area contributed by atoms with Crippen molar-refractivity contribution in [2.24, 2.45) is 0 Å². The molecule has 0 radical (unpaired) electrons. The lowest BCUT2D eigenvalue weighted by atomic mass is 9.87. The molecule has 3 aromatic carbocycles. The zero-order valence-electron chi connectivity index (χ0n) is 18.1. The van der Waals surface area contributed by atoms with Gasteiger partial charge < -0.3 is 19.5 Å². The van der Waals surface area contributed by atoms with Crippen LogP contribution in [0.25, 0.3) is 0 Å². The predicted molar refractivity (Wildman–Crippen MR) is 120 cm³/mol. The zero-order chi connectivity index (χ0) is 21.8. The molecule has 0 aliphatic carbocycles. The first kappa shape index (κ1) is 21.3. The first-order valence-electron chi connectivity index (χ1n) is 10.5. The van der Waals surface area contributed by atoms with Gasteiger partial charge in [0.25, 0.3) is 0 Å². The Morgan fingerprint density at radius 2 is 1.58 bits per heavy atom. The van der Waals surface area contributed by atoms with Gasteiger partial charge in [-0.2, -0.15) is 0 Å². The van der Waals surface area contributed by atoms with Crippen LogP contribution in [-0.2, 0) is 22.7 Å². The van der Waals surface area contributed by atoms with Gasteiger partial charge in [-0.15, -0.1) is 0 Å². The molecule has 2 unspecified atom stereocenters. The van der Waals surface area contributed by atoms with E-state index in [4.69, 9.17) is 14.2 Å². The van der Waals surface area contributed by atoms with Gasteiger partial charge in [-0.3, -0.25) is 0 Å². The molecule has 0 saturated heterocycles. The SMILES string of the molecule is CNc1ccc2c(c1)C(OCc1ccccc1)C(OCc1ccc(F)cc1)C(C)(C)O2. The minimum absolute atomic E-state index is 0.261. The third kappa shape index (κ3) is 4.89. The van der Waals surface area contributed by atoms with Crippen molar-refractivity contribution < 1.29 is 18.6 Å². The van der Waals surface area contributed by atoms with Crippen LogP contribution in [0.2, 0.25) is 0 Å². The second-order valence-electron chi connectivity index (χ2n) is 8.28. The molecule has 0 bridgehead atoms. The van der Waals surface area contributed by atoms with Crippen LogP contribution in [0.15, 0.2) is 72.8 Å². The number of rotatable bonds is 7. The van der Waals surface area contributed by atoms with Crippen LogP contribution in [0.1, 0.15) is 36.6 Å². The summed E-state index contributed by atoms with van der Waals surface area (Å²) in [5.41, 5.74) is 3.30. The fourth-order valence-electron chi connectivity index (χ4n) is 3.88. The second-order valence-corrected chi connectivity index (χ2v) is 8.28. The highest BCUT2D eigenvalue weighted by molar-refractivity contribution is 5.53. The number of fused-ring (bicyclic) bond motifs is 1. The Labute approximate surface area is 183 Å². The minimum Gasteiger partial charge on any atom is -0.485 e. The van der Waals surface area contributed by atoms with Gasteiger partial charge >= 0.3 is 0 Å². The monoisotopic (exact) mass is 421 g/mol. The number of halogens is 1. The van der Waals surface area contributed by atoms with E-state index in [2.05, 4.69) is 11.4 Å². The molecule has 2 atom stereocenters. The molecule has 0 aromatic heterocycles. The van der Waals surface area contributed by atoms with Crippen LogP contribution in [0.3, 0.4) is 0 Å². The molecule has 3 aromatic rings. The largest absolute Gasteiger partial charge is 0.485 e. The number of ether oxygens (including phenoxy) is 3. The summed E-state index contributed by atoms with van der Waals surface area (Å²) in [5, 5.41) is 3.18. The highest BCUT2D eigenvalue weighted by atomic mass is 19.1. The lowest BCUT2D eigenvalue weighted by molar-refractivity contribution is -0.170. The molecule has 1 N–H and O–H groups in total. The molecule has 1 aliphatic rings. The Balaban J connectivity index is 1.63. The fraction of sp³-hybridized carbons (Fsp3) is 0.308. The summed E-state index contributed by atoms with van der Waals surface area (Å²) in [5.74, 6) is 0.534. The number of nitrogens with one attached hydrogen (secondary N) is 1. The van der Waals surface area contributed by atoms with Crippen LogP contribution in [0, 0.1) is 5.82 Å². The normalized spacial score (nSPS) is 19.4. The topological polar surface area (TPSA) is 39.7 Å². The highest BCUT2D eigenvalue weighted by Crippen LogP contribution is 2.44. The van der Waals surface area contributed by atoms with Crippen LogP contribution in [0.4, 0.5) is 10.1 Å². The smallest absolute Gasteiger partial charge is 0.132 e. The van der Waals surface area contributed by atoms with Crippen molar-refractivity contribution in [1.82, 2.24) is 0 Å². The maximum absolute atomic E-state index is 13.3. The van der Waals surface area contributed by atoms with Gasteiger partial charge in [0.05, 0.1) is 13.2 Å². The van der Waals surface area contributed by atoms with Gasteiger partial charge in [0.15, 0.2) is 0 Å². The van der Waals surface area contributed by atoms with Gasteiger partial charge in [0.1, 0.15) is 29.4 Å². The molecular weight excluding hydrogens is 393 g/mol. The van der Waals surface area contributed by atoms with E-state index in [-0.39, 0.29) is 18.0 Å². The van der Waals surface area contributed by atoms with E-state index in [0.717, 1.165) is 28.1 Å². The zero-order valence-corrected chi connectivity index (χ0v) is 18.1. The average molecular weight is 422 g/mol. The highest BCUT2D eigenvalue weighted by Gasteiger charge is 2.45. The third-order valence-electron chi connectivity index (χ3n) is 5.55. The fourth-order valence-corrected chi connectivity index (χ4v) is 3.88. The second kappa shape index (κ2) is 9.08. The van der Waals surface area contributed by atoms with Gasteiger partial charge in [-0.25, -0.2) is 4.39 Å². The molecule has 0 fully saturated rings. The van der Waals surface area contributed by atoms with Crippen molar-refractivity contribution in [2.75, 3.05) is 12.4 Å². The standard InChI is InChI=1S/C26H28FNO3/c1-26(2)25(30-17-19-9-11-20(27)12-10-19)24(29-16-18-7-5-4-6-8-18)22-15-21(28-3)13-14-23(22)31-26/h4-15,24-25,28H,16-17H2,1-3H3. The number of anilines is 1. The van der Waals surface area contributed by atoms with Gasteiger partial charge in [0.2, 0.25) is 0 Å². The maximum atomic E-state index is 13.3. The first-order chi connectivity index (χ1) is 15.0. The summed E-state index contributed by atoms with van der Waals surface area (Å²) in [4.78, 5) is 0. The van der Waals surface area contributed by atoms with Crippen molar-refractivity contribution in [1.29, 1.82) is 0 Å². The minimum atomic E-state index is -0.616. The Hall–Kier alpha value is -2.89. The molecule has 0 saturated carbocycles. The Bertz CT molecular complexity index is 1000. The summed E-state index contributed by atoms with van der Waals surface area (Å²) in [6.07, 6.45) is -0.687. The molecular formula is C26H28FNO3. The summed E-state index contributed by atoms with van der Waals surface area (Å²) >= 11 is 0. The van der Waals surface area contributed by atoms with E-state index < -0.39 is 5.60 Å². The average Bonchev–Trinajstić information content (AvgIpc) is 2.77. The molecule has 1 heterocycles. The Kier molecular flexibility index (Phi) is 6.25. The molecule has 0 spiro atoms. The molecule has 5 heteroatoms. The summed E-state index contributed by atoms with van der Waals surface area (Å²) in [6, 6.07) is 22.5. The van der Waals surface area contributed by atoms with E-state index in [1.165, 1.54) is 12.1 Å². The van der Waals surface area contributed by atoms with E-state index in [0.29, 0.717) is 13.2 Å². The molecule has 1 aliphatic heterocycles. The van der Waals surface area contributed by atoms with Gasteiger partial charge in [-0.05, 0) is 55.3 Å². The van der Waals surface area contributed by atoms with E-state index in [9.17, 15) is 4.39 Å². The third-order valence-corrected chi connectivity index (χ3v) is 5.55. The van der Waals surface area contributed by atoms with Crippen LogP contribution in [0.5, 0.6) is 5.75 Å². The van der Waals surface area contributed by atoms with Gasteiger partial charge in [0, 0.05) is 18.3 Å². The maximum Gasteiger partial charge on any atom is 0.132 e. The van der Waals surface area contributed by atoms with Crippen molar-refractivity contribution in [3.8, 4) is 5.75 Å². The van der Waals surface area contributed by atoms with E-state index in [1.807, 2.05) is 63.4 Å². The van der Waals surface area contributed by atoms with Crippen LogP contribution in [-0.4, -0.2) is 18.8 Å². The molecule has 31 heavy (non-hydrogen) atoms. The molecule has 0 amide bonds. The van der Waals surface area contributed by atoms with E-state index >= 15 is 0 Å². The van der Waals surface area contributed by atoms with E-state index in [1.54, 1.807) is 12.1 Å². The van der Waals surface area contributed by atoms with Crippen molar-refractivity contribution in [3.63, 3.8) is 0 Å². The van der Waals surface area contributed by atoms with Crippen LogP contribution >= 0.6 is 0 Å². The number of hydrogen-bond donors (Lipinski definition) is 1. The molecule has 162 valence electrons. The Morgan fingerprint density at radius 1 is 0.903 bits per heavy atom. The molecule has 4 rings (SSSR count). The van der Waals surface area contributed by atoms with Gasteiger partial charge in [-0.1, -0.05) is 42.5 Å². The lowest BCUT2D eigenvalue weighted by Gasteiger charge is -2.44. The predicted octanol–water partition coefficient (Wildman–Crippen LogP) is 5.88. The van der Waals surface area contributed by atoms with Crippen molar-refractivity contribution in [3.05, 3.63) is 95.3 Å². The van der Waals surface area contributed by atoms with Crippen molar-refractivity contribution in [2.45, 2.75) is 44.9 Å².